The average Bonchev–Trinajstić information content (AvgIpc) is 2.37. The standard InChI is InChI=1S/C14H24N2O3/c1-5-17-14(18-6-2)13(15)11-7-12(9-16-8-11)19-10(3)4/h7-10,13-14H,5-6,15H2,1-4H3. The van der Waals surface area contributed by atoms with Crippen LogP contribution in [0.2, 0.25) is 0 Å². The molecule has 1 aromatic heterocycles. The summed E-state index contributed by atoms with van der Waals surface area (Å²) in [5.41, 5.74) is 7.00. The van der Waals surface area contributed by atoms with Crippen molar-refractivity contribution in [3.8, 4) is 5.75 Å². The van der Waals surface area contributed by atoms with Crippen LogP contribution >= 0.6 is 0 Å². The Morgan fingerprint density at radius 1 is 1.16 bits per heavy atom. The molecule has 1 unspecified atom stereocenters. The number of hydrogen-bond donors (Lipinski definition) is 1. The molecule has 1 rings (SSSR count). The fourth-order valence-electron chi connectivity index (χ4n) is 1.70. The monoisotopic (exact) mass is 268 g/mol. The van der Waals surface area contributed by atoms with Gasteiger partial charge in [0.1, 0.15) is 5.75 Å². The van der Waals surface area contributed by atoms with Gasteiger partial charge in [-0.25, -0.2) is 0 Å². The molecule has 0 aliphatic rings. The van der Waals surface area contributed by atoms with Crippen LogP contribution in [-0.2, 0) is 9.47 Å². The molecule has 0 saturated heterocycles. The predicted molar refractivity (Wildman–Crippen MR) is 74.0 cm³/mol. The molecule has 0 aliphatic heterocycles. The molecule has 1 heterocycles. The molecule has 0 bridgehead atoms. The molecule has 5 nitrogen and oxygen atoms in total. The van der Waals surface area contributed by atoms with Crippen LogP contribution in [0.4, 0.5) is 0 Å². The van der Waals surface area contributed by atoms with Crippen LogP contribution in [0.5, 0.6) is 5.75 Å². The summed E-state index contributed by atoms with van der Waals surface area (Å²) in [6, 6.07) is 1.49. The van der Waals surface area contributed by atoms with Crippen molar-refractivity contribution in [2.75, 3.05) is 13.2 Å². The summed E-state index contributed by atoms with van der Waals surface area (Å²) in [6.45, 7) is 8.86. The minimum absolute atomic E-state index is 0.0999. The van der Waals surface area contributed by atoms with Crippen molar-refractivity contribution in [2.45, 2.75) is 46.1 Å². The molecule has 0 spiro atoms. The molecule has 0 saturated carbocycles. The second kappa shape index (κ2) is 8.09. The van der Waals surface area contributed by atoms with Gasteiger partial charge in [0.2, 0.25) is 0 Å². The van der Waals surface area contributed by atoms with Crippen LogP contribution in [0.25, 0.3) is 0 Å². The quantitative estimate of drug-likeness (QED) is 0.733. The summed E-state index contributed by atoms with van der Waals surface area (Å²) in [4.78, 5) is 4.15. The zero-order valence-corrected chi connectivity index (χ0v) is 12.1. The highest BCUT2D eigenvalue weighted by atomic mass is 16.7. The summed E-state index contributed by atoms with van der Waals surface area (Å²) in [5.74, 6) is 0.703. The first-order valence-electron chi connectivity index (χ1n) is 6.68. The molecule has 1 atom stereocenters. The van der Waals surface area contributed by atoms with Crippen LogP contribution < -0.4 is 10.5 Å². The van der Waals surface area contributed by atoms with Crippen LogP contribution in [0.1, 0.15) is 39.3 Å². The van der Waals surface area contributed by atoms with Gasteiger partial charge in [0.25, 0.3) is 0 Å². The lowest BCUT2D eigenvalue weighted by Crippen LogP contribution is -2.31. The van der Waals surface area contributed by atoms with Crippen LogP contribution in [0.3, 0.4) is 0 Å². The largest absolute Gasteiger partial charge is 0.489 e. The maximum Gasteiger partial charge on any atom is 0.176 e. The van der Waals surface area contributed by atoms with E-state index in [-0.39, 0.29) is 12.1 Å². The Kier molecular flexibility index (Phi) is 6.77. The van der Waals surface area contributed by atoms with E-state index in [2.05, 4.69) is 4.98 Å². The van der Waals surface area contributed by atoms with E-state index >= 15 is 0 Å². The number of hydrogen-bond acceptors (Lipinski definition) is 5. The van der Waals surface area contributed by atoms with Gasteiger partial charge >= 0.3 is 0 Å². The fraction of sp³-hybridized carbons (Fsp3) is 0.643. The third-order valence-corrected chi connectivity index (χ3v) is 2.45. The lowest BCUT2D eigenvalue weighted by atomic mass is 10.1. The molecule has 1 aromatic rings. The third kappa shape index (κ3) is 5.14. The Bertz CT molecular complexity index is 365. The van der Waals surface area contributed by atoms with E-state index in [0.29, 0.717) is 19.0 Å². The van der Waals surface area contributed by atoms with Crippen molar-refractivity contribution in [3.05, 3.63) is 24.0 Å². The molecule has 0 aliphatic carbocycles. The van der Waals surface area contributed by atoms with E-state index in [9.17, 15) is 0 Å². The second-order valence-electron chi connectivity index (χ2n) is 4.43. The van der Waals surface area contributed by atoms with E-state index in [1.165, 1.54) is 0 Å². The van der Waals surface area contributed by atoms with Crippen molar-refractivity contribution >= 4 is 0 Å². The topological polar surface area (TPSA) is 66.6 Å². The highest BCUT2D eigenvalue weighted by Gasteiger charge is 2.21. The summed E-state index contributed by atoms with van der Waals surface area (Å²) in [7, 11) is 0. The second-order valence-corrected chi connectivity index (χ2v) is 4.43. The number of rotatable bonds is 8. The van der Waals surface area contributed by atoms with Crippen molar-refractivity contribution in [1.82, 2.24) is 4.98 Å². The maximum absolute atomic E-state index is 6.17. The SMILES string of the molecule is CCOC(OCC)C(N)c1cncc(OC(C)C)c1. The molecule has 0 amide bonds. The molecule has 108 valence electrons. The van der Waals surface area contributed by atoms with E-state index < -0.39 is 6.29 Å². The maximum atomic E-state index is 6.17. The minimum atomic E-state index is -0.467. The number of pyridine rings is 1. The summed E-state index contributed by atoms with van der Waals surface area (Å²) in [6.07, 6.45) is 3.02. The van der Waals surface area contributed by atoms with Gasteiger partial charge in [-0.2, -0.15) is 0 Å². The van der Waals surface area contributed by atoms with Gasteiger partial charge in [-0.1, -0.05) is 0 Å². The molecule has 0 radical (unpaired) electrons. The zero-order chi connectivity index (χ0) is 14.3. The lowest BCUT2D eigenvalue weighted by molar-refractivity contribution is -0.149. The predicted octanol–water partition coefficient (Wildman–Crippen LogP) is 2.27. The van der Waals surface area contributed by atoms with E-state index in [0.717, 1.165) is 5.56 Å². The lowest BCUT2D eigenvalue weighted by Gasteiger charge is -2.24. The Labute approximate surface area is 115 Å². The first-order chi connectivity index (χ1) is 9.08. The summed E-state index contributed by atoms with van der Waals surface area (Å²) in [5, 5.41) is 0. The van der Waals surface area contributed by atoms with E-state index in [1.807, 2.05) is 33.8 Å². The molecular weight excluding hydrogens is 244 g/mol. The highest BCUT2D eigenvalue weighted by Crippen LogP contribution is 2.21. The fourth-order valence-corrected chi connectivity index (χ4v) is 1.70. The first kappa shape index (κ1) is 15.9. The Morgan fingerprint density at radius 2 is 1.79 bits per heavy atom. The average molecular weight is 268 g/mol. The minimum Gasteiger partial charge on any atom is -0.489 e. The number of ether oxygens (including phenoxy) is 3. The Morgan fingerprint density at radius 3 is 2.32 bits per heavy atom. The van der Waals surface area contributed by atoms with Crippen molar-refractivity contribution in [3.63, 3.8) is 0 Å². The van der Waals surface area contributed by atoms with Crippen molar-refractivity contribution in [2.24, 2.45) is 5.73 Å². The first-order valence-corrected chi connectivity index (χ1v) is 6.68. The van der Waals surface area contributed by atoms with E-state index in [1.54, 1.807) is 12.4 Å². The molecule has 0 aromatic carbocycles. The van der Waals surface area contributed by atoms with Crippen LogP contribution in [-0.4, -0.2) is 30.6 Å². The molecule has 19 heavy (non-hydrogen) atoms. The molecule has 0 fully saturated rings. The highest BCUT2D eigenvalue weighted by molar-refractivity contribution is 5.26. The van der Waals surface area contributed by atoms with Gasteiger partial charge in [-0.3, -0.25) is 4.98 Å². The van der Waals surface area contributed by atoms with Crippen molar-refractivity contribution < 1.29 is 14.2 Å². The van der Waals surface area contributed by atoms with Gasteiger partial charge < -0.3 is 19.9 Å². The third-order valence-electron chi connectivity index (χ3n) is 2.45. The van der Waals surface area contributed by atoms with Crippen LogP contribution in [0, 0.1) is 0 Å². The smallest absolute Gasteiger partial charge is 0.176 e. The van der Waals surface area contributed by atoms with Gasteiger partial charge in [0.05, 0.1) is 18.3 Å². The molecule has 5 heteroatoms. The zero-order valence-electron chi connectivity index (χ0n) is 12.1. The Hall–Kier alpha value is -1.17. The molecule has 2 N–H and O–H groups in total. The number of aromatic nitrogens is 1. The summed E-state index contributed by atoms with van der Waals surface area (Å²) < 4.78 is 16.6. The van der Waals surface area contributed by atoms with Gasteiger partial charge in [-0.15, -0.1) is 0 Å². The van der Waals surface area contributed by atoms with Crippen LogP contribution in [0.15, 0.2) is 18.5 Å². The molecular formula is C14H24N2O3. The van der Waals surface area contributed by atoms with Gasteiger partial charge in [0.15, 0.2) is 6.29 Å². The number of nitrogens with zero attached hydrogens (tertiary/aromatic N) is 1. The van der Waals surface area contributed by atoms with Gasteiger partial charge in [-0.05, 0) is 39.3 Å². The summed E-state index contributed by atoms with van der Waals surface area (Å²) >= 11 is 0. The normalized spacial score (nSPS) is 13.0. The number of nitrogens with two attached hydrogens (primary N) is 1. The Balaban J connectivity index is 2.81. The van der Waals surface area contributed by atoms with Crippen molar-refractivity contribution in [1.29, 1.82) is 0 Å². The van der Waals surface area contributed by atoms with E-state index in [4.69, 9.17) is 19.9 Å². The van der Waals surface area contributed by atoms with Gasteiger partial charge in [0, 0.05) is 19.4 Å².